The molecule has 3 nitrogen and oxygen atoms in total. The van der Waals surface area contributed by atoms with E-state index in [2.05, 4.69) is 0 Å². The van der Waals surface area contributed by atoms with Crippen LogP contribution in [0.4, 0.5) is 0 Å². The Balaban J connectivity index is 2.28. The molecule has 2 atom stereocenters. The van der Waals surface area contributed by atoms with Crippen molar-refractivity contribution < 1.29 is 14.3 Å². The van der Waals surface area contributed by atoms with Gasteiger partial charge in [-0.3, -0.25) is 4.79 Å². The molecule has 0 bridgehead atoms. The number of hydrogen-bond acceptors (Lipinski definition) is 3. The third-order valence-corrected chi connectivity index (χ3v) is 1.73. The van der Waals surface area contributed by atoms with E-state index in [0.29, 0.717) is 0 Å². The molecule has 0 aliphatic carbocycles. The predicted molar refractivity (Wildman–Crippen MR) is 40.0 cm³/mol. The Hall–Kier alpha value is -0.570. The van der Waals surface area contributed by atoms with E-state index in [0.717, 1.165) is 19.3 Å². The molecular formula is C8H14O3. The highest BCUT2D eigenvalue weighted by atomic mass is 16.7. The van der Waals surface area contributed by atoms with E-state index < -0.39 is 0 Å². The van der Waals surface area contributed by atoms with Crippen molar-refractivity contribution in [1.29, 1.82) is 0 Å². The van der Waals surface area contributed by atoms with E-state index in [9.17, 15) is 4.79 Å². The first kappa shape index (κ1) is 8.53. The van der Waals surface area contributed by atoms with Gasteiger partial charge in [0.05, 0.1) is 6.10 Å². The van der Waals surface area contributed by atoms with Gasteiger partial charge in [-0.05, 0) is 19.8 Å². The van der Waals surface area contributed by atoms with Crippen LogP contribution < -0.4 is 0 Å². The second-order valence-corrected chi connectivity index (χ2v) is 2.92. The summed E-state index contributed by atoms with van der Waals surface area (Å²) in [7, 11) is 0. The van der Waals surface area contributed by atoms with Crippen LogP contribution in [-0.4, -0.2) is 18.4 Å². The van der Waals surface area contributed by atoms with Crippen molar-refractivity contribution in [3.63, 3.8) is 0 Å². The Morgan fingerprint density at radius 2 is 2.27 bits per heavy atom. The van der Waals surface area contributed by atoms with Gasteiger partial charge in [0, 0.05) is 13.3 Å². The summed E-state index contributed by atoms with van der Waals surface area (Å²) in [6.07, 6.45) is 2.92. The van der Waals surface area contributed by atoms with Crippen LogP contribution in [0.15, 0.2) is 0 Å². The molecule has 0 radical (unpaired) electrons. The minimum absolute atomic E-state index is 0.230. The van der Waals surface area contributed by atoms with Crippen LogP contribution in [0.1, 0.15) is 33.1 Å². The maximum atomic E-state index is 10.5. The predicted octanol–water partition coefficient (Wildman–Crippen LogP) is 1.46. The third-order valence-electron chi connectivity index (χ3n) is 1.73. The number of ether oxygens (including phenoxy) is 2. The summed E-state index contributed by atoms with van der Waals surface area (Å²) in [6, 6.07) is 0. The highest BCUT2D eigenvalue weighted by Crippen LogP contribution is 2.19. The van der Waals surface area contributed by atoms with Crippen LogP contribution in [0.25, 0.3) is 0 Å². The monoisotopic (exact) mass is 158 g/mol. The summed E-state index contributed by atoms with van der Waals surface area (Å²) in [4.78, 5) is 10.5. The summed E-state index contributed by atoms with van der Waals surface area (Å²) >= 11 is 0. The average molecular weight is 158 g/mol. The minimum atomic E-state index is -0.295. The average Bonchev–Trinajstić information content (AvgIpc) is 1.85. The van der Waals surface area contributed by atoms with Gasteiger partial charge in [-0.15, -0.1) is 0 Å². The van der Waals surface area contributed by atoms with E-state index in [4.69, 9.17) is 9.47 Å². The highest BCUT2D eigenvalue weighted by molar-refractivity contribution is 5.66. The molecule has 0 aromatic carbocycles. The zero-order valence-electron chi connectivity index (χ0n) is 7.00. The molecule has 1 heterocycles. The van der Waals surface area contributed by atoms with Crippen LogP contribution >= 0.6 is 0 Å². The molecule has 1 rings (SSSR count). The lowest BCUT2D eigenvalue weighted by Crippen LogP contribution is -2.29. The van der Waals surface area contributed by atoms with Crippen LogP contribution in [-0.2, 0) is 14.3 Å². The Morgan fingerprint density at radius 3 is 2.82 bits per heavy atom. The van der Waals surface area contributed by atoms with E-state index in [1.54, 1.807) is 0 Å². The van der Waals surface area contributed by atoms with Crippen LogP contribution in [0, 0.1) is 0 Å². The van der Waals surface area contributed by atoms with Gasteiger partial charge < -0.3 is 9.47 Å². The van der Waals surface area contributed by atoms with Gasteiger partial charge in [0.25, 0.3) is 0 Å². The van der Waals surface area contributed by atoms with Gasteiger partial charge in [-0.25, -0.2) is 0 Å². The molecule has 0 saturated carbocycles. The lowest BCUT2D eigenvalue weighted by molar-refractivity contribution is -0.197. The summed E-state index contributed by atoms with van der Waals surface area (Å²) in [5.41, 5.74) is 0. The molecular weight excluding hydrogens is 144 g/mol. The maximum Gasteiger partial charge on any atom is 0.304 e. The van der Waals surface area contributed by atoms with Gasteiger partial charge in [-0.1, -0.05) is 0 Å². The van der Waals surface area contributed by atoms with Gasteiger partial charge in [0.1, 0.15) is 0 Å². The molecule has 11 heavy (non-hydrogen) atoms. The van der Waals surface area contributed by atoms with Crippen molar-refractivity contribution in [3.05, 3.63) is 0 Å². The first-order valence-corrected chi connectivity index (χ1v) is 4.01. The zero-order chi connectivity index (χ0) is 8.27. The van der Waals surface area contributed by atoms with Crippen molar-refractivity contribution in [2.45, 2.75) is 45.5 Å². The summed E-state index contributed by atoms with van der Waals surface area (Å²) < 4.78 is 10.3. The van der Waals surface area contributed by atoms with Crippen molar-refractivity contribution in [1.82, 2.24) is 0 Å². The second-order valence-electron chi connectivity index (χ2n) is 2.92. The molecule has 1 aliphatic heterocycles. The maximum absolute atomic E-state index is 10.5. The summed E-state index contributed by atoms with van der Waals surface area (Å²) in [6.45, 7) is 3.40. The first-order valence-electron chi connectivity index (χ1n) is 4.01. The fraction of sp³-hybridized carbons (Fsp3) is 0.875. The second kappa shape index (κ2) is 3.72. The topological polar surface area (TPSA) is 35.5 Å². The molecule has 0 spiro atoms. The standard InChI is InChI=1S/C8H14O3/c1-6-4-3-5-8(10-6)11-7(2)9/h6,8H,3-5H2,1-2H3/t6-,8+/m0/s1. The van der Waals surface area contributed by atoms with E-state index in [-0.39, 0.29) is 18.4 Å². The Bertz CT molecular complexity index is 144. The number of hydrogen-bond donors (Lipinski definition) is 0. The third kappa shape index (κ3) is 2.89. The van der Waals surface area contributed by atoms with Gasteiger partial charge in [-0.2, -0.15) is 0 Å². The van der Waals surface area contributed by atoms with Crippen LogP contribution in [0.5, 0.6) is 0 Å². The Kier molecular flexibility index (Phi) is 2.88. The van der Waals surface area contributed by atoms with Gasteiger partial charge in [0.15, 0.2) is 0 Å². The number of carbonyl (C=O) groups is 1. The van der Waals surface area contributed by atoms with E-state index in [1.165, 1.54) is 6.92 Å². The summed E-state index contributed by atoms with van der Waals surface area (Å²) in [5, 5.41) is 0. The van der Waals surface area contributed by atoms with Crippen LogP contribution in [0.3, 0.4) is 0 Å². The largest absolute Gasteiger partial charge is 0.436 e. The molecule has 3 heteroatoms. The molecule has 1 aliphatic rings. The van der Waals surface area contributed by atoms with Gasteiger partial charge >= 0.3 is 5.97 Å². The minimum Gasteiger partial charge on any atom is -0.436 e. The molecule has 0 aromatic heterocycles. The highest BCUT2D eigenvalue weighted by Gasteiger charge is 2.20. The van der Waals surface area contributed by atoms with Crippen molar-refractivity contribution in [2.75, 3.05) is 0 Å². The summed E-state index contributed by atoms with van der Waals surface area (Å²) in [5.74, 6) is -0.260. The number of esters is 1. The SMILES string of the molecule is CC(=O)O[C@@H]1CCC[C@H](C)O1. The van der Waals surface area contributed by atoms with Crippen molar-refractivity contribution in [3.8, 4) is 0 Å². The molecule has 0 N–H and O–H groups in total. The lowest BCUT2D eigenvalue weighted by atomic mass is 10.1. The van der Waals surface area contributed by atoms with Crippen LogP contribution in [0.2, 0.25) is 0 Å². The number of rotatable bonds is 1. The van der Waals surface area contributed by atoms with Crippen molar-refractivity contribution >= 4 is 5.97 Å². The van der Waals surface area contributed by atoms with Gasteiger partial charge in [0.2, 0.25) is 6.29 Å². The lowest BCUT2D eigenvalue weighted by Gasteiger charge is -2.26. The number of carbonyl (C=O) groups excluding carboxylic acids is 1. The zero-order valence-corrected chi connectivity index (χ0v) is 7.00. The molecule has 0 aromatic rings. The molecule has 0 amide bonds. The van der Waals surface area contributed by atoms with E-state index in [1.807, 2.05) is 6.92 Å². The molecule has 0 unspecified atom stereocenters. The fourth-order valence-electron chi connectivity index (χ4n) is 1.24. The smallest absolute Gasteiger partial charge is 0.304 e. The molecule has 1 saturated heterocycles. The quantitative estimate of drug-likeness (QED) is 0.542. The van der Waals surface area contributed by atoms with Crippen molar-refractivity contribution in [2.24, 2.45) is 0 Å². The first-order chi connectivity index (χ1) is 5.18. The van der Waals surface area contributed by atoms with E-state index >= 15 is 0 Å². The normalized spacial score (nSPS) is 31.5. The Morgan fingerprint density at radius 1 is 1.55 bits per heavy atom. The fourth-order valence-corrected chi connectivity index (χ4v) is 1.24. The molecule has 1 fully saturated rings. The molecule has 64 valence electrons. The Labute approximate surface area is 66.7 Å².